The predicted octanol–water partition coefficient (Wildman–Crippen LogP) is 1.50. The summed E-state index contributed by atoms with van der Waals surface area (Å²) in [4.78, 5) is -0.495. The van der Waals surface area contributed by atoms with E-state index in [4.69, 9.17) is 4.55 Å². The number of methoxy groups -OCH3 is 1. The van der Waals surface area contributed by atoms with Gasteiger partial charge in [-0.15, -0.1) is 12.4 Å². The largest absolute Gasteiger partial charge is 0.494 e. The summed E-state index contributed by atoms with van der Waals surface area (Å²) in [6.07, 6.45) is 0. The van der Waals surface area contributed by atoms with E-state index >= 15 is 0 Å². The number of benzene rings is 1. The third-order valence-electron chi connectivity index (χ3n) is 1.42. The van der Waals surface area contributed by atoms with Gasteiger partial charge in [0.05, 0.1) is 12.0 Å². The van der Waals surface area contributed by atoms with Crippen LogP contribution in [0.15, 0.2) is 23.1 Å². The van der Waals surface area contributed by atoms with Crippen LogP contribution in [0.3, 0.4) is 0 Å². The van der Waals surface area contributed by atoms with Crippen LogP contribution >= 0.6 is 12.4 Å². The highest BCUT2D eigenvalue weighted by Crippen LogP contribution is 2.19. The van der Waals surface area contributed by atoms with Crippen molar-refractivity contribution in [1.82, 2.24) is 0 Å². The van der Waals surface area contributed by atoms with Gasteiger partial charge in [0.1, 0.15) is 0 Å². The summed E-state index contributed by atoms with van der Waals surface area (Å²) < 4.78 is 47.0. The highest BCUT2D eigenvalue weighted by atomic mass is 35.5. The van der Waals surface area contributed by atoms with Gasteiger partial charge in [0.15, 0.2) is 11.6 Å². The van der Waals surface area contributed by atoms with Gasteiger partial charge < -0.3 is 4.74 Å². The Labute approximate surface area is 86.9 Å². The maximum absolute atomic E-state index is 12.9. The van der Waals surface area contributed by atoms with Gasteiger partial charge in [-0.3, -0.25) is 4.55 Å². The molecule has 0 aliphatic heterocycles. The van der Waals surface area contributed by atoms with Crippen LogP contribution in [0.4, 0.5) is 4.39 Å². The Bertz CT molecular complexity index is 418. The summed E-state index contributed by atoms with van der Waals surface area (Å²) in [6.45, 7) is 0. The summed E-state index contributed by atoms with van der Waals surface area (Å²) in [5.41, 5.74) is 0. The van der Waals surface area contributed by atoms with Crippen molar-refractivity contribution in [2.45, 2.75) is 4.90 Å². The molecule has 0 unspecified atom stereocenters. The summed E-state index contributed by atoms with van der Waals surface area (Å²) in [6, 6.07) is 2.86. The van der Waals surface area contributed by atoms with Crippen molar-refractivity contribution in [3.05, 3.63) is 24.0 Å². The maximum atomic E-state index is 12.9. The SMILES string of the molecule is COc1ccc(S(=O)(=O)O)cc1F.Cl. The predicted molar refractivity (Wildman–Crippen MR) is 50.0 cm³/mol. The standard InChI is InChI=1S/C7H7FO4S.ClH/c1-12-7-3-2-5(4-6(7)8)13(9,10)11;/h2-4H,1H3,(H,9,10,11);1H. The third kappa shape index (κ3) is 2.83. The Balaban J connectivity index is 0.00000169. The molecule has 14 heavy (non-hydrogen) atoms. The van der Waals surface area contributed by atoms with E-state index in [1.807, 2.05) is 0 Å². The minimum atomic E-state index is -4.35. The first-order valence-electron chi connectivity index (χ1n) is 3.26. The van der Waals surface area contributed by atoms with Gasteiger partial charge in [0.2, 0.25) is 0 Å². The monoisotopic (exact) mass is 242 g/mol. The molecule has 1 rings (SSSR count). The molecule has 0 aliphatic carbocycles. The molecule has 80 valence electrons. The first-order valence-corrected chi connectivity index (χ1v) is 4.70. The average Bonchev–Trinajstić information content (AvgIpc) is 2.02. The molecule has 0 fully saturated rings. The lowest BCUT2D eigenvalue weighted by atomic mass is 10.3. The Kier molecular flexibility index (Phi) is 4.31. The number of hydrogen-bond donors (Lipinski definition) is 1. The highest BCUT2D eigenvalue weighted by Gasteiger charge is 2.12. The fourth-order valence-corrected chi connectivity index (χ4v) is 1.30. The van der Waals surface area contributed by atoms with Crippen LogP contribution < -0.4 is 4.74 Å². The van der Waals surface area contributed by atoms with Crippen LogP contribution in [-0.2, 0) is 10.1 Å². The smallest absolute Gasteiger partial charge is 0.294 e. The number of ether oxygens (including phenoxy) is 1. The Morgan fingerprint density at radius 2 is 2.00 bits per heavy atom. The van der Waals surface area contributed by atoms with E-state index in [0.29, 0.717) is 6.07 Å². The minimum Gasteiger partial charge on any atom is -0.494 e. The first-order chi connectivity index (χ1) is 5.95. The molecule has 1 aromatic rings. The molecule has 1 N–H and O–H groups in total. The summed E-state index contributed by atoms with van der Waals surface area (Å²) >= 11 is 0. The Hall–Kier alpha value is -0.850. The van der Waals surface area contributed by atoms with Crippen LogP contribution in [0.1, 0.15) is 0 Å². The molecular formula is C7H8ClFO4S. The van der Waals surface area contributed by atoms with Crippen molar-refractivity contribution in [3.8, 4) is 5.75 Å². The lowest BCUT2D eigenvalue weighted by molar-refractivity contribution is 0.385. The molecule has 4 nitrogen and oxygen atoms in total. The van der Waals surface area contributed by atoms with Crippen LogP contribution in [0.5, 0.6) is 5.75 Å². The fraction of sp³-hybridized carbons (Fsp3) is 0.143. The van der Waals surface area contributed by atoms with Crippen molar-refractivity contribution in [2.75, 3.05) is 7.11 Å². The van der Waals surface area contributed by atoms with Gasteiger partial charge in [0, 0.05) is 0 Å². The van der Waals surface area contributed by atoms with E-state index in [2.05, 4.69) is 4.74 Å². The van der Waals surface area contributed by atoms with Gasteiger partial charge in [0.25, 0.3) is 10.1 Å². The zero-order valence-electron chi connectivity index (χ0n) is 7.10. The quantitative estimate of drug-likeness (QED) is 0.799. The van der Waals surface area contributed by atoms with Gasteiger partial charge >= 0.3 is 0 Å². The zero-order chi connectivity index (χ0) is 10.1. The third-order valence-corrected chi connectivity index (χ3v) is 2.27. The number of halogens is 2. The average molecular weight is 243 g/mol. The Morgan fingerprint density at radius 3 is 2.36 bits per heavy atom. The molecule has 0 aromatic heterocycles. The second-order valence-corrected chi connectivity index (χ2v) is 3.69. The van der Waals surface area contributed by atoms with Crippen molar-refractivity contribution in [2.24, 2.45) is 0 Å². The van der Waals surface area contributed by atoms with Crippen LogP contribution in [0.25, 0.3) is 0 Å². The minimum absolute atomic E-state index is 0. The van der Waals surface area contributed by atoms with Gasteiger partial charge in [-0.1, -0.05) is 0 Å². The zero-order valence-corrected chi connectivity index (χ0v) is 8.73. The van der Waals surface area contributed by atoms with E-state index < -0.39 is 20.8 Å². The van der Waals surface area contributed by atoms with E-state index in [1.54, 1.807) is 0 Å². The molecular weight excluding hydrogens is 235 g/mol. The second-order valence-electron chi connectivity index (χ2n) is 2.27. The summed E-state index contributed by atoms with van der Waals surface area (Å²) in [7, 11) is -3.09. The van der Waals surface area contributed by atoms with Crippen molar-refractivity contribution < 1.29 is 22.1 Å². The lowest BCUT2D eigenvalue weighted by Gasteiger charge is -2.02. The summed E-state index contributed by atoms with van der Waals surface area (Å²) in [5.74, 6) is -0.912. The molecule has 1 aromatic carbocycles. The molecule has 7 heteroatoms. The molecule has 0 saturated carbocycles. The highest BCUT2D eigenvalue weighted by molar-refractivity contribution is 7.85. The molecule has 0 radical (unpaired) electrons. The molecule has 0 amide bonds. The number of rotatable bonds is 2. The first kappa shape index (κ1) is 13.2. The maximum Gasteiger partial charge on any atom is 0.294 e. The second kappa shape index (κ2) is 4.59. The molecule has 0 atom stereocenters. The van der Waals surface area contributed by atoms with Crippen LogP contribution in [-0.4, -0.2) is 20.1 Å². The summed E-state index contributed by atoms with van der Waals surface area (Å²) in [5, 5.41) is 0. The van der Waals surface area contributed by atoms with E-state index in [1.165, 1.54) is 7.11 Å². The fourth-order valence-electron chi connectivity index (χ4n) is 0.808. The van der Waals surface area contributed by atoms with Gasteiger partial charge in [-0.2, -0.15) is 8.42 Å². The van der Waals surface area contributed by atoms with E-state index in [0.717, 1.165) is 12.1 Å². The number of hydrogen-bond acceptors (Lipinski definition) is 3. The van der Waals surface area contributed by atoms with E-state index in [9.17, 15) is 12.8 Å². The van der Waals surface area contributed by atoms with Crippen molar-refractivity contribution in [1.29, 1.82) is 0 Å². The van der Waals surface area contributed by atoms with Crippen molar-refractivity contribution >= 4 is 22.5 Å². The molecule has 0 saturated heterocycles. The van der Waals surface area contributed by atoms with Crippen LogP contribution in [0.2, 0.25) is 0 Å². The normalized spacial score (nSPS) is 10.5. The molecule has 0 heterocycles. The van der Waals surface area contributed by atoms with Crippen LogP contribution in [0, 0.1) is 5.82 Å². The molecule has 0 bridgehead atoms. The van der Waals surface area contributed by atoms with E-state index in [-0.39, 0.29) is 18.2 Å². The van der Waals surface area contributed by atoms with Crippen molar-refractivity contribution in [3.63, 3.8) is 0 Å². The Morgan fingerprint density at radius 1 is 1.43 bits per heavy atom. The lowest BCUT2D eigenvalue weighted by Crippen LogP contribution is -1.99. The molecule has 0 aliphatic rings. The van der Waals surface area contributed by atoms with Gasteiger partial charge in [-0.25, -0.2) is 4.39 Å². The van der Waals surface area contributed by atoms with Gasteiger partial charge in [-0.05, 0) is 18.2 Å². The topological polar surface area (TPSA) is 63.6 Å². The molecule has 0 spiro atoms.